The molecule has 0 radical (unpaired) electrons. The van der Waals surface area contributed by atoms with Crippen LogP contribution in [0.2, 0.25) is 0 Å². The number of carbonyl (C=O) groups excluding carboxylic acids is 2. The van der Waals surface area contributed by atoms with Crippen molar-refractivity contribution in [2.75, 3.05) is 17.7 Å². The molecule has 0 fully saturated rings. The molecule has 132 valence electrons. The van der Waals surface area contributed by atoms with E-state index < -0.39 is 0 Å². The SMILES string of the molecule is CCCC(C(=O)Nc1ccc(OC)c(NC(C)=O)c1)c1ccccc1. The van der Waals surface area contributed by atoms with Gasteiger partial charge in [-0.15, -0.1) is 0 Å². The Hall–Kier alpha value is -2.82. The van der Waals surface area contributed by atoms with Crippen molar-refractivity contribution < 1.29 is 14.3 Å². The zero-order chi connectivity index (χ0) is 18.2. The predicted octanol–water partition coefficient (Wildman–Crippen LogP) is 4.18. The van der Waals surface area contributed by atoms with Crippen LogP contribution in [0.1, 0.15) is 38.2 Å². The minimum atomic E-state index is -0.211. The molecule has 5 nitrogen and oxygen atoms in total. The number of anilines is 2. The molecule has 2 amide bonds. The van der Waals surface area contributed by atoms with Gasteiger partial charge in [-0.25, -0.2) is 0 Å². The maximum absolute atomic E-state index is 12.8. The lowest BCUT2D eigenvalue weighted by molar-refractivity contribution is -0.117. The monoisotopic (exact) mass is 340 g/mol. The molecule has 1 atom stereocenters. The summed E-state index contributed by atoms with van der Waals surface area (Å²) in [7, 11) is 1.53. The first kappa shape index (κ1) is 18.5. The lowest BCUT2D eigenvalue weighted by Crippen LogP contribution is -2.21. The second-order valence-corrected chi connectivity index (χ2v) is 5.84. The molecular formula is C20H24N2O3. The van der Waals surface area contributed by atoms with Crippen molar-refractivity contribution in [2.45, 2.75) is 32.6 Å². The highest BCUT2D eigenvalue weighted by atomic mass is 16.5. The summed E-state index contributed by atoms with van der Waals surface area (Å²) in [5.41, 5.74) is 2.14. The Balaban J connectivity index is 2.21. The Morgan fingerprint density at radius 3 is 2.40 bits per heavy atom. The van der Waals surface area contributed by atoms with Gasteiger partial charge < -0.3 is 15.4 Å². The van der Waals surface area contributed by atoms with E-state index in [0.717, 1.165) is 18.4 Å². The van der Waals surface area contributed by atoms with Crippen LogP contribution in [-0.4, -0.2) is 18.9 Å². The van der Waals surface area contributed by atoms with E-state index in [4.69, 9.17) is 4.74 Å². The summed E-state index contributed by atoms with van der Waals surface area (Å²) in [5, 5.41) is 5.65. The van der Waals surface area contributed by atoms with E-state index in [9.17, 15) is 9.59 Å². The summed E-state index contributed by atoms with van der Waals surface area (Å²) < 4.78 is 5.23. The number of amides is 2. The second kappa shape index (κ2) is 8.87. The standard InChI is InChI=1S/C20H24N2O3/c1-4-8-17(15-9-6-5-7-10-15)20(24)22-16-11-12-19(25-3)18(13-16)21-14(2)23/h5-7,9-13,17H,4,8H2,1-3H3,(H,21,23)(H,22,24). The maximum atomic E-state index is 12.8. The van der Waals surface area contributed by atoms with E-state index in [0.29, 0.717) is 17.1 Å². The average Bonchev–Trinajstić information content (AvgIpc) is 2.60. The van der Waals surface area contributed by atoms with Crippen molar-refractivity contribution in [2.24, 2.45) is 0 Å². The van der Waals surface area contributed by atoms with E-state index in [1.807, 2.05) is 30.3 Å². The second-order valence-electron chi connectivity index (χ2n) is 5.84. The van der Waals surface area contributed by atoms with Crippen LogP contribution in [0, 0.1) is 0 Å². The van der Waals surface area contributed by atoms with E-state index in [-0.39, 0.29) is 17.7 Å². The van der Waals surface area contributed by atoms with Crippen LogP contribution in [0.4, 0.5) is 11.4 Å². The Morgan fingerprint density at radius 1 is 1.08 bits per heavy atom. The normalized spacial score (nSPS) is 11.5. The number of ether oxygens (including phenoxy) is 1. The van der Waals surface area contributed by atoms with Gasteiger partial charge in [0.1, 0.15) is 5.75 Å². The minimum Gasteiger partial charge on any atom is -0.495 e. The first-order valence-corrected chi connectivity index (χ1v) is 8.36. The molecule has 2 N–H and O–H groups in total. The number of hydrogen-bond acceptors (Lipinski definition) is 3. The fourth-order valence-electron chi connectivity index (χ4n) is 2.73. The molecule has 2 rings (SSSR count). The predicted molar refractivity (Wildman–Crippen MR) is 100 cm³/mol. The Labute approximate surface area is 148 Å². The summed E-state index contributed by atoms with van der Waals surface area (Å²) in [6, 6.07) is 14.9. The number of hydrogen-bond donors (Lipinski definition) is 2. The molecule has 2 aromatic rings. The molecule has 0 saturated heterocycles. The van der Waals surface area contributed by atoms with Gasteiger partial charge in [0.25, 0.3) is 0 Å². The fraction of sp³-hybridized carbons (Fsp3) is 0.300. The van der Waals surface area contributed by atoms with Crippen LogP contribution in [0.15, 0.2) is 48.5 Å². The Bertz CT molecular complexity index is 729. The molecule has 0 aliphatic heterocycles. The van der Waals surface area contributed by atoms with Gasteiger partial charge in [-0.1, -0.05) is 43.7 Å². The summed E-state index contributed by atoms with van der Waals surface area (Å²) in [6.07, 6.45) is 1.68. The Morgan fingerprint density at radius 2 is 1.80 bits per heavy atom. The van der Waals surface area contributed by atoms with Gasteiger partial charge in [-0.3, -0.25) is 9.59 Å². The lowest BCUT2D eigenvalue weighted by Gasteiger charge is -2.17. The molecule has 0 saturated carbocycles. The third kappa shape index (κ3) is 5.08. The molecule has 0 aromatic heterocycles. The molecule has 0 spiro atoms. The van der Waals surface area contributed by atoms with Gasteiger partial charge in [0, 0.05) is 12.6 Å². The van der Waals surface area contributed by atoms with Crippen molar-refractivity contribution in [1.29, 1.82) is 0 Å². The number of benzene rings is 2. The topological polar surface area (TPSA) is 67.4 Å². The molecule has 2 aromatic carbocycles. The fourth-order valence-corrected chi connectivity index (χ4v) is 2.73. The number of rotatable bonds is 7. The van der Waals surface area contributed by atoms with Crippen LogP contribution >= 0.6 is 0 Å². The lowest BCUT2D eigenvalue weighted by atomic mass is 9.93. The first-order chi connectivity index (χ1) is 12.0. The van der Waals surface area contributed by atoms with Crippen LogP contribution in [-0.2, 0) is 9.59 Å². The van der Waals surface area contributed by atoms with Gasteiger partial charge >= 0.3 is 0 Å². The van der Waals surface area contributed by atoms with E-state index >= 15 is 0 Å². The molecule has 0 heterocycles. The summed E-state index contributed by atoms with van der Waals surface area (Å²) in [5.74, 6) is 0.0702. The molecule has 1 unspecified atom stereocenters. The number of methoxy groups -OCH3 is 1. The Kier molecular flexibility index (Phi) is 6.57. The minimum absolute atomic E-state index is 0.0630. The quantitative estimate of drug-likeness (QED) is 0.795. The van der Waals surface area contributed by atoms with Crippen molar-refractivity contribution >= 4 is 23.2 Å². The maximum Gasteiger partial charge on any atom is 0.231 e. The van der Waals surface area contributed by atoms with Gasteiger partial charge in [0.05, 0.1) is 18.7 Å². The summed E-state index contributed by atoms with van der Waals surface area (Å²) in [6.45, 7) is 3.49. The van der Waals surface area contributed by atoms with Gasteiger partial charge in [0.2, 0.25) is 11.8 Å². The highest BCUT2D eigenvalue weighted by molar-refractivity contribution is 5.97. The highest BCUT2D eigenvalue weighted by Gasteiger charge is 2.20. The molecular weight excluding hydrogens is 316 g/mol. The zero-order valence-electron chi connectivity index (χ0n) is 14.8. The number of carbonyl (C=O) groups is 2. The average molecular weight is 340 g/mol. The van der Waals surface area contributed by atoms with Gasteiger partial charge in [-0.2, -0.15) is 0 Å². The smallest absolute Gasteiger partial charge is 0.231 e. The van der Waals surface area contributed by atoms with E-state index in [1.165, 1.54) is 14.0 Å². The molecule has 25 heavy (non-hydrogen) atoms. The van der Waals surface area contributed by atoms with Gasteiger partial charge in [-0.05, 0) is 30.2 Å². The van der Waals surface area contributed by atoms with Crippen molar-refractivity contribution in [3.05, 3.63) is 54.1 Å². The van der Waals surface area contributed by atoms with E-state index in [2.05, 4.69) is 17.6 Å². The van der Waals surface area contributed by atoms with Crippen LogP contribution in [0.25, 0.3) is 0 Å². The van der Waals surface area contributed by atoms with Crippen molar-refractivity contribution in [3.8, 4) is 5.75 Å². The van der Waals surface area contributed by atoms with Gasteiger partial charge in [0.15, 0.2) is 0 Å². The zero-order valence-corrected chi connectivity index (χ0v) is 14.8. The number of nitrogens with one attached hydrogen (secondary N) is 2. The summed E-state index contributed by atoms with van der Waals surface area (Å²) >= 11 is 0. The largest absolute Gasteiger partial charge is 0.495 e. The third-order valence-corrected chi connectivity index (χ3v) is 3.87. The highest BCUT2D eigenvalue weighted by Crippen LogP contribution is 2.29. The van der Waals surface area contributed by atoms with E-state index in [1.54, 1.807) is 18.2 Å². The van der Waals surface area contributed by atoms with Crippen LogP contribution in [0.5, 0.6) is 5.75 Å². The molecule has 0 aliphatic carbocycles. The van der Waals surface area contributed by atoms with Crippen molar-refractivity contribution in [3.63, 3.8) is 0 Å². The molecule has 5 heteroatoms. The summed E-state index contributed by atoms with van der Waals surface area (Å²) in [4.78, 5) is 24.1. The molecule has 0 aliphatic rings. The van der Waals surface area contributed by atoms with Crippen LogP contribution < -0.4 is 15.4 Å². The van der Waals surface area contributed by atoms with Crippen molar-refractivity contribution in [1.82, 2.24) is 0 Å². The molecule has 0 bridgehead atoms. The first-order valence-electron chi connectivity index (χ1n) is 8.36. The third-order valence-electron chi connectivity index (χ3n) is 3.87. The van der Waals surface area contributed by atoms with Crippen LogP contribution in [0.3, 0.4) is 0 Å².